The zero-order chi connectivity index (χ0) is 15.8. The number of aliphatic carboxylic acids is 1. The average Bonchev–Trinajstić information content (AvgIpc) is 3.00. The Morgan fingerprint density at radius 3 is 2.52 bits per heavy atom. The van der Waals surface area contributed by atoms with Crippen molar-refractivity contribution in [3.63, 3.8) is 0 Å². The van der Waals surface area contributed by atoms with Gasteiger partial charge in [0, 0.05) is 18.2 Å². The lowest BCUT2D eigenvalue weighted by atomic mass is 10.1. The highest BCUT2D eigenvalue weighted by Gasteiger charge is 2.65. The number of methoxy groups -OCH3 is 1. The number of nitrogens with one attached hydrogen (secondary N) is 1. The molecular formula is C15H18FNO4. The summed E-state index contributed by atoms with van der Waals surface area (Å²) in [6, 6.07) is 4.37. The Morgan fingerprint density at radius 2 is 2.05 bits per heavy atom. The first-order valence-corrected chi connectivity index (χ1v) is 6.62. The van der Waals surface area contributed by atoms with E-state index in [1.165, 1.54) is 19.2 Å². The third kappa shape index (κ3) is 2.84. The highest BCUT2D eigenvalue weighted by molar-refractivity contribution is 5.91. The summed E-state index contributed by atoms with van der Waals surface area (Å²) in [4.78, 5) is 23.1. The molecule has 0 spiro atoms. The maximum absolute atomic E-state index is 13.7. The predicted octanol–water partition coefficient (Wildman–Crippen LogP) is 1.81. The molecule has 114 valence electrons. The first-order valence-electron chi connectivity index (χ1n) is 6.62. The molecule has 1 aliphatic carbocycles. The molecule has 1 aliphatic rings. The Balaban J connectivity index is 1.98. The maximum Gasteiger partial charge on any atom is 0.307 e. The van der Waals surface area contributed by atoms with Gasteiger partial charge in [-0.25, -0.2) is 4.39 Å². The fourth-order valence-corrected chi connectivity index (χ4v) is 2.68. The molecule has 5 nitrogen and oxygen atoms in total. The second-order valence-corrected chi connectivity index (χ2v) is 5.79. The van der Waals surface area contributed by atoms with Crippen molar-refractivity contribution in [3.05, 3.63) is 29.6 Å². The summed E-state index contributed by atoms with van der Waals surface area (Å²) in [5, 5.41) is 11.6. The molecule has 21 heavy (non-hydrogen) atoms. The van der Waals surface area contributed by atoms with Gasteiger partial charge >= 0.3 is 5.97 Å². The number of carbonyl (C=O) groups excluding carboxylic acids is 1. The predicted molar refractivity (Wildman–Crippen MR) is 73.2 cm³/mol. The zero-order valence-corrected chi connectivity index (χ0v) is 12.1. The van der Waals surface area contributed by atoms with Crippen LogP contribution in [0, 0.1) is 23.1 Å². The van der Waals surface area contributed by atoms with Gasteiger partial charge < -0.3 is 15.2 Å². The topological polar surface area (TPSA) is 75.6 Å². The van der Waals surface area contributed by atoms with Gasteiger partial charge in [-0.05, 0) is 11.5 Å². The number of carboxylic acid groups (broad SMARTS) is 1. The van der Waals surface area contributed by atoms with E-state index in [-0.39, 0.29) is 12.5 Å². The standard InChI is InChI=1S/C15H18FNO4/c1-15(2)11(12(15)14(19)20)13(18)17-7-8-4-5-9(21-3)6-10(8)16/h4-6,11-12H,7H2,1-3H3,(H,17,18)(H,19,20). The zero-order valence-electron chi connectivity index (χ0n) is 12.1. The lowest BCUT2D eigenvalue weighted by molar-refractivity contribution is -0.140. The van der Waals surface area contributed by atoms with Crippen LogP contribution in [0.2, 0.25) is 0 Å². The van der Waals surface area contributed by atoms with E-state index in [1.807, 2.05) is 0 Å². The second-order valence-electron chi connectivity index (χ2n) is 5.79. The number of rotatable bonds is 5. The monoisotopic (exact) mass is 295 g/mol. The number of halogens is 1. The molecule has 2 atom stereocenters. The summed E-state index contributed by atoms with van der Waals surface area (Å²) >= 11 is 0. The number of hydrogen-bond donors (Lipinski definition) is 2. The average molecular weight is 295 g/mol. The molecule has 1 saturated carbocycles. The summed E-state index contributed by atoms with van der Waals surface area (Å²) in [5.41, 5.74) is -0.233. The maximum atomic E-state index is 13.7. The van der Waals surface area contributed by atoms with E-state index < -0.39 is 29.0 Å². The molecule has 1 aromatic rings. The van der Waals surface area contributed by atoms with Crippen molar-refractivity contribution in [2.75, 3.05) is 7.11 Å². The fourth-order valence-electron chi connectivity index (χ4n) is 2.68. The lowest BCUT2D eigenvalue weighted by Gasteiger charge is -2.08. The molecule has 0 radical (unpaired) electrons. The van der Waals surface area contributed by atoms with Gasteiger partial charge in [-0.2, -0.15) is 0 Å². The summed E-state index contributed by atoms with van der Waals surface area (Å²) in [6.07, 6.45) is 0. The molecule has 0 bridgehead atoms. The lowest BCUT2D eigenvalue weighted by Crippen LogP contribution is -2.27. The smallest absolute Gasteiger partial charge is 0.307 e. The molecule has 0 saturated heterocycles. The summed E-state index contributed by atoms with van der Waals surface area (Å²) in [7, 11) is 1.44. The second kappa shape index (κ2) is 5.35. The number of ether oxygens (including phenoxy) is 1. The molecule has 2 unspecified atom stereocenters. The van der Waals surface area contributed by atoms with Crippen LogP contribution in [-0.2, 0) is 16.1 Å². The Kier molecular flexibility index (Phi) is 3.89. The van der Waals surface area contributed by atoms with E-state index in [1.54, 1.807) is 19.9 Å². The van der Waals surface area contributed by atoms with Crippen LogP contribution in [0.5, 0.6) is 5.75 Å². The van der Waals surface area contributed by atoms with Crippen molar-refractivity contribution in [3.8, 4) is 5.75 Å². The Hall–Kier alpha value is -2.11. The molecule has 1 aromatic carbocycles. The summed E-state index contributed by atoms with van der Waals surface area (Å²) < 4.78 is 18.6. The molecule has 6 heteroatoms. The minimum Gasteiger partial charge on any atom is -0.497 e. The number of hydrogen-bond acceptors (Lipinski definition) is 3. The molecule has 0 aromatic heterocycles. The van der Waals surface area contributed by atoms with Crippen LogP contribution >= 0.6 is 0 Å². The minimum absolute atomic E-state index is 0.0214. The van der Waals surface area contributed by atoms with Crippen LogP contribution in [0.1, 0.15) is 19.4 Å². The van der Waals surface area contributed by atoms with Crippen molar-refractivity contribution >= 4 is 11.9 Å². The van der Waals surface area contributed by atoms with E-state index in [2.05, 4.69) is 5.32 Å². The van der Waals surface area contributed by atoms with Crippen LogP contribution in [-0.4, -0.2) is 24.1 Å². The third-order valence-corrected chi connectivity index (χ3v) is 4.09. The van der Waals surface area contributed by atoms with Gasteiger partial charge in [0.25, 0.3) is 0 Å². The number of carbonyl (C=O) groups is 2. The van der Waals surface area contributed by atoms with Crippen LogP contribution in [0.25, 0.3) is 0 Å². The molecule has 1 amide bonds. The molecular weight excluding hydrogens is 277 g/mol. The van der Waals surface area contributed by atoms with E-state index in [0.717, 1.165) is 0 Å². The van der Waals surface area contributed by atoms with Gasteiger partial charge in [0.1, 0.15) is 11.6 Å². The van der Waals surface area contributed by atoms with E-state index >= 15 is 0 Å². The normalized spacial score (nSPS) is 22.5. The Labute approximate surface area is 122 Å². The van der Waals surface area contributed by atoms with Gasteiger partial charge in [-0.15, -0.1) is 0 Å². The SMILES string of the molecule is COc1ccc(CNC(=O)C2C(C(=O)O)C2(C)C)c(F)c1. The van der Waals surface area contributed by atoms with Gasteiger partial charge in [-0.1, -0.05) is 19.9 Å². The van der Waals surface area contributed by atoms with Gasteiger partial charge in [-0.3, -0.25) is 9.59 Å². The van der Waals surface area contributed by atoms with E-state index in [9.17, 15) is 14.0 Å². The van der Waals surface area contributed by atoms with Crippen LogP contribution < -0.4 is 10.1 Å². The van der Waals surface area contributed by atoms with Crippen LogP contribution in [0.4, 0.5) is 4.39 Å². The van der Waals surface area contributed by atoms with Crippen molar-refractivity contribution in [2.45, 2.75) is 20.4 Å². The Bertz CT molecular complexity index is 585. The number of benzene rings is 1. The third-order valence-electron chi connectivity index (χ3n) is 4.09. The number of carboxylic acids is 1. The summed E-state index contributed by atoms with van der Waals surface area (Å²) in [5.74, 6) is -2.66. The minimum atomic E-state index is -0.976. The Morgan fingerprint density at radius 1 is 1.38 bits per heavy atom. The molecule has 2 rings (SSSR count). The number of amides is 1. The van der Waals surface area contributed by atoms with E-state index in [4.69, 9.17) is 9.84 Å². The first kappa shape index (κ1) is 15.3. The van der Waals surface area contributed by atoms with Crippen molar-refractivity contribution in [1.29, 1.82) is 0 Å². The first-order chi connectivity index (χ1) is 9.78. The molecule has 1 fully saturated rings. The van der Waals surface area contributed by atoms with Crippen LogP contribution in [0.15, 0.2) is 18.2 Å². The van der Waals surface area contributed by atoms with E-state index in [0.29, 0.717) is 11.3 Å². The van der Waals surface area contributed by atoms with Gasteiger partial charge in [0.15, 0.2) is 0 Å². The fraction of sp³-hybridized carbons (Fsp3) is 0.467. The van der Waals surface area contributed by atoms with Gasteiger partial charge in [0.2, 0.25) is 5.91 Å². The quantitative estimate of drug-likeness (QED) is 0.868. The van der Waals surface area contributed by atoms with Crippen molar-refractivity contribution < 1.29 is 23.8 Å². The largest absolute Gasteiger partial charge is 0.497 e. The van der Waals surface area contributed by atoms with Gasteiger partial charge in [0.05, 0.1) is 18.9 Å². The highest BCUT2D eigenvalue weighted by Crippen LogP contribution is 2.58. The molecule has 0 heterocycles. The summed E-state index contributed by atoms with van der Waals surface area (Å²) in [6.45, 7) is 3.50. The van der Waals surface area contributed by atoms with Crippen molar-refractivity contribution in [2.24, 2.45) is 17.3 Å². The molecule has 2 N–H and O–H groups in total. The van der Waals surface area contributed by atoms with Crippen LogP contribution in [0.3, 0.4) is 0 Å². The molecule has 0 aliphatic heterocycles. The van der Waals surface area contributed by atoms with Crippen molar-refractivity contribution in [1.82, 2.24) is 5.32 Å². The highest BCUT2D eigenvalue weighted by atomic mass is 19.1.